The Morgan fingerprint density at radius 3 is 2.88 bits per heavy atom. The van der Waals surface area contributed by atoms with E-state index in [0.29, 0.717) is 13.0 Å². The van der Waals surface area contributed by atoms with E-state index in [1.165, 1.54) is 18.4 Å². The molecule has 0 radical (unpaired) electrons. The van der Waals surface area contributed by atoms with Crippen LogP contribution in [0.2, 0.25) is 0 Å². The average Bonchev–Trinajstić information content (AvgIpc) is 2.84. The van der Waals surface area contributed by atoms with Crippen molar-refractivity contribution in [3.05, 3.63) is 11.6 Å². The highest BCUT2D eigenvalue weighted by atomic mass is 16.2. The maximum atomic E-state index is 12.8. The zero-order chi connectivity index (χ0) is 17.9. The first-order valence-corrected chi connectivity index (χ1v) is 9.61. The molecule has 1 spiro atoms. The number of allylic oxidation sites excluding steroid dienone is 1. The van der Waals surface area contributed by atoms with Crippen molar-refractivity contribution in [2.75, 3.05) is 13.1 Å². The lowest BCUT2D eigenvalue weighted by molar-refractivity contribution is -0.137. The number of carbonyl (C=O) groups is 3. The average molecular weight is 347 g/mol. The molecule has 0 aromatic rings. The van der Waals surface area contributed by atoms with Crippen molar-refractivity contribution < 1.29 is 14.4 Å². The van der Waals surface area contributed by atoms with Crippen LogP contribution in [0.3, 0.4) is 0 Å². The molecule has 0 aromatic carbocycles. The molecule has 1 saturated carbocycles. The van der Waals surface area contributed by atoms with Crippen LogP contribution in [0.4, 0.5) is 4.79 Å². The summed E-state index contributed by atoms with van der Waals surface area (Å²) in [7, 11) is 0. The SMILES string of the molecule is C[C@H]1CCCC[C@@]12NC(=O)N(CC(=O)NCCC1=CCCCC1)C2=O. The summed E-state index contributed by atoms with van der Waals surface area (Å²) < 4.78 is 0. The summed E-state index contributed by atoms with van der Waals surface area (Å²) in [5.41, 5.74) is 0.610. The summed E-state index contributed by atoms with van der Waals surface area (Å²) >= 11 is 0. The second-order valence-electron chi connectivity index (χ2n) is 7.65. The van der Waals surface area contributed by atoms with Crippen LogP contribution in [-0.2, 0) is 9.59 Å². The molecule has 6 heteroatoms. The monoisotopic (exact) mass is 347 g/mol. The Morgan fingerprint density at radius 1 is 1.32 bits per heavy atom. The third kappa shape index (κ3) is 3.72. The molecule has 1 heterocycles. The fourth-order valence-corrected chi connectivity index (χ4v) is 4.33. The molecule has 1 aliphatic heterocycles. The Balaban J connectivity index is 1.51. The van der Waals surface area contributed by atoms with Crippen molar-refractivity contribution in [2.24, 2.45) is 5.92 Å². The van der Waals surface area contributed by atoms with E-state index in [4.69, 9.17) is 0 Å². The minimum Gasteiger partial charge on any atom is -0.354 e. The Labute approximate surface area is 149 Å². The van der Waals surface area contributed by atoms with Crippen LogP contribution in [0, 0.1) is 5.92 Å². The molecule has 0 bridgehead atoms. The fourth-order valence-electron chi connectivity index (χ4n) is 4.33. The maximum absolute atomic E-state index is 12.8. The Morgan fingerprint density at radius 2 is 2.16 bits per heavy atom. The van der Waals surface area contributed by atoms with Gasteiger partial charge in [0, 0.05) is 6.54 Å². The number of nitrogens with one attached hydrogen (secondary N) is 2. The topological polar surface area (TPSA) is 78.5 Å². The lowest BCUT2D eigenvalue weighted by Crippen LogP contribution is -2.54. The largest absolute Gasteiger partial charge is 0.354 e. The Kier molecular flexibility index (Phi) is 5.45. The third-order valence-corrected chi connectivity index (χ3v) is 5.96. The van der Waals surface area contributed by atoms with E-state index in [0.717, 1.165) is 43.4 Å². The molecule has 3 rings (SSSR count). The van der Waals surface area contributed by atoms with Gasteiger partial charge < -0.3 is 10.6 Å². The highest BCUT2D eigenvalue weighted by molar-refractivity contribution is 6.09. The number of amides is 4. The summed E-state index contributed by atoms with van der Waals surface area (Å²) in [6, 6.07) is -0.427. The van der Waals surface area contributed by atoms with E-state index >= 15 is 0 Å². The van der Waals surface area contributed by atoms with Gasteiger partial charge in [-0.15, -0.1) is 0 Å². The quantitative estimate of drug-likeness (QED) is 0.592. The van der Waals surface area contributed by atoms with Crippen molar-refractivity contribution in [1.82, 2.24) is 15.5 Å². The van der Waals surface area contributed by atoms with Gasteiger partial charge in [0.1, 0.15) is 12.1 Å². The molecule has 138 valence electrons. The number of imide groups is 1. The van der Waals surface area contributed by atoms with Crippen LogP contribution in [0.25, 0.3) is 0 Å². The van der Waals surface area contributed by atoms with Crippen molar-refractivity contribution in [2.45, 2.75) is 70.3 Å². The lowest BCUT2D eigenvalue weighted by atomic mass is 9.73. The number of rotatable bonds is 5. The fraction of sp³-hybridized carbons (Fsp3) is 0.737. The van der Waals surface area contributed by atoms with Crippen molar-refractivity contribution in [3.63, 3.8) is 0 Å². The number of urea groups is 1. The van der Waals surface area contributed by atoms with Gasteiger partial charge in [-0.2, -0.15) is 0 Å². The highest BCUT2D eigenvalue weighted by Gasteiger charge is 2.55. The molecule has 2 fully saturated rings. The zero-order valence-corrected chi connectivity index (χ0v) is 15.1. The van der Waals surface area contributed by atoms with Crippen LogP contribution in [0.15, 0.2) is 11.6 Å². The summed E-state index contributed by atoms with van der Waals surface area (Å²) in [4.78, 5) is 38.4. The van der Waals surface area contributed by atoms with Crippen LogP contribution in [-0.4, -0.2) is 41.4 Å². The van der Waals surface area contributed by atoms with Gasteiger partial charge in [0.25, 0.3) is 5.91 Å². The first-order valence-electron chi connectivity index (χ1n) is 9.61. The molecule has 1 saturated heterocycles. The first kappa shape index (κ1) is 18.0. The minimum atomic E-state index is -0.789. The van der Waals surface area contributed by atoms with E-state index in [9.17, 15) is 14.4 Å². The molecule has 4 amide bonds. The van der Waals surface area contributed by atoms with E-state index in [-0.39, 0.29) is 24.3 Å². The Hall–Kier alpha value is -1.85. The molecular weight excluding hydrogens is 318 g/mol. The molecule has 3 aliphatic rings. The van der Waals surface area contributed by atoms with Crippen molar-refractivity contribution in [3.8, 4) is 0 Å². The second-order valence-corrected chi connectivity index (χ2v) is 7.65. The van der Waals surface area contributed by atoms with E-state index in [1.54, 1.807) is 0 Å². The summed E-state index contributed by atoms with van der Waals surface area (Å²) in [6.45, 7) is 2.40. The van der Waals surface area contributed by atoms with Gasteiger partial charge in [0.05, 0.1) is 0 Å². The molecule has 2 N–H and O–H groups in total. The van der Waals surface area contributed by atoms with Crippen molar-refractivity contribution >= 4 is 17.8 Å². The van der Waals surface area contributed by atoms with Crippen LogP contribution < -0.4 is 10.6 Å². The summed E-state index contributed by atoms with van der Waals surface area (Å²) in [5, 5.41) is 5.73. The molecular formula is C19H29N3O3. The zero-order valence-electron chi connectivity index (χ0n) is 15.1. The predicted molar refractivity (Wildman–Crippen MR) is 94.8 cm³/mol. The van der Waals surface area contributed by atoms with Crippen LogP contribution in [0.1, 0.15) is 64.7 Å². The van der Waals surface area contributed by atoms with Crippen LogP contribution in [0.5, 0.6) is 0 Å². The summed E-state index contributed by atoms with van der Waals surface area (Å²) in [5.74, 6) is -0.376. The maximum Gasteiger partial charge on any atom is 0.325 e. The lowest BCUT2D eigenvalue weighted by Gasteiger charge is -2.36. The van der Waals surface area contributed by atoms with E-state index < -0.39 is 11.6 Å². The van der Waals surface area contributed by atoms with Gasteiger partial charge in [-0.1, -0.05) is 31.4 Å². The van der Waals surface area contributed by atoms with Crippen molar-refractivity contribution in [1.29, 1.82) is 0 Å². The number of carbonyl (C=O) groups excluding carboxylic acids is 3. The summed E-state index contributed by atoms with van der Waals surface area (Å²) in [6.07, 6.45) is 11.5. The van der Waals surface area contributed by atoms with Gasteiger partial charge in [-0.3, -0.25) is 14.5 Å². The normalized spacial score (nSPS) is 29.6. The first-order chi connectivity index (χ1) is 12.0. The smallest absolute Gasteiger partial charge is 0.325 e. The number of hydrogen-bond acceptors (Lipinski definition) is 3. The number of nitrogens with zero attached hydrogens (tertiary/aromatic N) is 1. The molecule has 0 unspecified atom stereocenters. The van der Waals surface area contributed by atoms with Gasteiger partial charge in [-0.25, -0.2) is 4.79 Å². The van der Waals surface area contributed by atoms with Gasteiger partial charge in [0.2, 0.25) is 5.91 Å². The number of hydrogen-bond donors (Lipinski definition) is 2. The molecule has 0 aromatic heterocycles. The van der Waals surface area contributed by atoms with Crippen LogP contribution >= 0.6 is 0 Å². The van der Waals surface area contributed by atoms with Gasteiger partial charge in [0.15, 0.2) is 0 Å². The highest BCUT2D eigenvalue weighted by Crippen LogP contribution is 2.38. The van der Waals surface area contributed by atoms with E-state index in [1.807, 2.05) is 6.92 Å². The second kappa shape index (κ2) is 7.58. The standard InChI is InChI=1S/C19H29N3O3/c1-14-7-5-6-11-19(14)17(24)22(18(25)21-19)13-16(23)20-12-10-15-8-3-2-4-9-15/h8,14H,2-7,9-13H2,1H3,(H,20,23)(H,21,25)/t14-,19+/m0/s1. The molecule has 2 aliphatic carbocycles. The molecule has 6 nitrogen and oxygen atoms in total. The minimum absolute atomic E-state index is 0.115. The molecule has 25 heavy (non-hydrogen) atoms. The predicted octanol–water partition coefficient (Wildman–Crippen LogP) is 2.49. The van der Waals surface area contributed by atoms with E-state index in [2.05, 4.69) is 16.7 Å². The Bertz CT molecular complexity index is 586. The third-order valence-electron chi connectivity index (χ3n) is 5.96. The van der Waals surface area contributed by atoms with Gasteiger partial charge >= 0.3 is 6.03 Å². The molecule has 2 atom stereocenters. The van der Waals surface area contributed by atoms with Gasteiger partial charge in [-0.05, 0) is 50.9 Å².